The van der Waals surface area contributed by atoms with E-state index in [-0.39, 0.29) is 5.92 Å². The summed E-state index contributed by atoms with van der Waals surface area (Å²) < 4.78 is 4.33. The normalized spacial score (nSPS) is 32.4. The van der Waals surface area contributed by atoms with Crippen molar-refractivity contribution in [3.63, 3.8) is 0 Å². The summed E-state index contributed by atoms with van der Waals surface area (Å²) in [6, 6.07) is 0. The second kappa shape index (κ2) is 4.09. The van der Waals surface area contributed by atoms with E-state index in [1.807, 2.05) is 0 Å². The molecule has 1 rings (SSSR count). The van der Waals surface area contributed by atoms with Crippen LogP contribution in [0.25, 0.3) is 0 Å². The molecule has 1 aliphatic carbocycles. The highest BCUT2D eigenvalue weighted by Gasteiger charge is 2.46. The minimum Gasteiger partial charge on any atom is -0.463 e. The standard InChI is InChI=1S/C10H16O4/c1-7-5-3-4-6-10(7,13)8(11)9(12)14-2/h7,13H,3-6H2,1-2H3/t7-,10+/m1/s1. The monoisotopic (exact) mass is 200 g/mol. The highest BCUT2D eigenvalue weighted by Crippen LogP contribution is 2.34. The number of rotatable bonds is 2. The predicted molar refractivity (Wildman–Crippen MR) is 49.6 cm³/mol. The van der Waals surface area contributed by atoms with Gasteiger partial charge in [0, 0.05) is 0 Å². The second-order valence-electron chi connectivity index (χ2n) is 3.89. The van der Waals surface area contributed by atoms with E-state index in [4.69, 9.17) is 0 Å². The Morgan fingerprint density at radius 1 is 1.43 bits per heavy atom. The SMILES string of the molecule is COC(=O)C(=O)[C@]1(O)CCCC[C@H]1C. The molecule has 1 aliphatic rings. The van der Waals surface area contributed by atoms with E-state index in [2.05, 4.69) is 4.74 Å². The molecular weight excluding hydrogens is 184 g/mol. The quantitative estimate of drug-likeness (QED) is 0.525. The third-order valence-corrected chi connectivity index (χ3v) is 3.02. The molecule has 0 aromatic heterocycles. The van der Waals surface area contributed by atoms with E-state index in [0.717, 1.165) is 26.4 Å². The Bertz CT molecular complexity index is 249. The van der Waals surface area contributed by atoms with E-state index in [1.165, 1.54) is 0 Å². The fourth-order valence-corrected chi connectivity index (χ4v) is 1.94. The molecule has 0 amide bonds. The molecule has 4 nitrogen and oxygen atoms in total. The van der Waals surface area contributed by atoms with Crippen LogP contribution in [0.4, 0.5) is 0 Å². The minimum absolute atomic E-state index is 0.164. The number of esters is 1. The van der Waals surface area contributed by atoms with Crippen LogP contribution >= 0.6 is 0 Å². The fraction of sp³-hybridized carbons (Fsp3) is 0.800. The highest BCUT2D eigenvalue weighted by atomic mass is 16.5. The fourth-order valence-electron chi connectivity index (χ4n) is 1.94. The number of carbonyl (C=O) groups excluding carboxylic acids is 2. The number of carbonyl (C=O) groups is 2. The maximum atomic E-state index is 11.5. The molecular formula is C10H16O4. The average molecular weight is 200 g/mol. The predicted octanol–water partition coefficient (Wildman–Crippen LogP) is 0.670. The van der Waals surface area contributed by atoms with Crippen LogP contribution in [0.1, 0.15) is 32.6 Å². The first kappa shape index (κ1) is 11.2. The Morgan fingerprint density at radius 2 is 2.07 bits per heavy atom. The number of hydrogen-bond acceptors (Lipinski definition) is 4. The molecule has 0 bridgehead atoms. The lowest BCUT2D eigenvalue weighted by molar-refractivity contribution is -0.166. The van der Waals surface area contributed by atoms with Crippen LogP contribution in [-0.4, -0.2) is 29.6 Å². The first-order valence-corrected chi connectivity index (χ1v) is 4.87. The van der Waals surface area contributed by atoms with Crippen LogP contribution < -0.4 is 0 Å². The number of ketones is 1. The van der Waals surface area contributed by atoms with Crippen LogP contribution in [0.5, 0.6) is 0 Å². The molecule has 4 heteroatoms. The van der Waals surface area contributed by atoms with Crippen molar-refractivity contribution in [2.45, 2.75) is 38.2 Å². The number of methoxy groups -OCH3 is 1. The summed E-state index contributed by atoms with van der Waals surface area (Å²) in [6.45, 7) is 1.79. The van der Waals surface area contributed by atoms with Gasteiger partial charge >= 0.3 is 5.97 Å². The Hall–Kier alpha value is -0.900. The maximum Gasteiger partial charge on any atom is 0.377 e. The zero-order valence-corrected chi connectivity index (χ0v) is 8.58. The summed E-state index contributed by atoms with van der Waals surface area (Å²) in [5.74, 6) is -1.91. The zero-order chi connectivity index (χ0) is 10.8. The summed E-state index contributed by atoms with van der Waals surface area (Å²) in [5, 5.41) is 10.1. The summed E-state index contributed by atoms with van der Waals surface area (Å²) >= 11 is 0. The molecule has 80 valence electrons. The highest BCUT2D eigenvalue weighted by molar-refractivity contribution is 6.36. The smallest absolute Gasteiger partial charge is 0.377 e. The lowest BCUT2D eigenvalue weighted by Crippen LogP contribution is -2.50. The van der Waals surface area contributed by atoms with Gasteiger partial charge < -0.3 is 9.84 Å². The van der Waals surface area contributed by atoms with Crippen molar-refractivity contribution in [3.8, 4) is 0 Å². The molecule has 0 heterocycles. The van der Waals surface area contributed by atoms with Gasteiger partial charge in [0.05, 0.1) is 7.11 Å². The van der Waals surface area contributed by atoms with Crippen molar-refractivity contribution < 1.29 is 19.4 Å². The Labute approximate surface area is 83.2 Å². The second-order valence-corrected chi connectivity index (χ2v) is 3.89. The van der Waals surface area contributed by atoms with Crippen LogP contribution in [0.3, 0.4) is 0 Å². The van der Waals surface area contributed by atoms with Gasteiger partial charge in [-0.05, 0) is 18.8 Å². The zero-order valence-electron chi connectivity index (χ0n) is 8.58. The number of ether oxygens (including phenoxy) is 1. The largest absolute Gasteiger partial charge is 0.463 e. The van der Waals surface area contributed by atoms with Crippen molar-refractivity contribution in [1.29, 1.82) is 0 Å². The molecule has 14 heavy (non-hydrogen) atoms. The summed E-state index contributed by atoms with van der Waals surface area (Å²) in [4.78, 5) is 22.6. The van der Waals surface area contributed by atoms with E-state index in [1.54, 1.807) is 6.92 Å². The van der Waals surface area contributed by atoms with Crippen molar-refractivity contribution in [2.24, 2.45) is 5.92 Å². The molecule has 2 atom stereocenters. The summed E-state index contributed by atoms with van der Waals surface area (Å²) in [6.07, 6.45) is 2.92. The molecule has 0 saturated heterocycles. The number of aliphatic hydroxyl groups is 1. The van der Waals surface area contributed by atoms with Crippen LogP contribution in [-0.2, 0) is 14.3 Å². The van der Waals surface area contributed by atoms with Crippen molar-refractivity contribution in [3.05, 3.63) is 0 Å². The van der Waals surface area contributed by atoms with E-state index < -0.39 is 17.4 Å². The van der Waals surface area contributed by atoms with Crippen molar-refractivity contribution in [2.75, 3.05) is 7.11 Å². The van der Waals surface area contributed by atoms with Crippen LogP contribution in [0.2, 0.25) is 0 Å². The Kier molecular flexibility index (Phi) is 3.26. The van der Waals surface area contributed by atoms with Gasteiger partial charge in [0.2, 0.25) is 0 Å². The molecule has 0 unspecified atom stereocenters. The van der Waals surface area contributed by atoms with Crippen molar-refractivity contribution >= 4 is 11.8 Å². The van der Waals surface area contributed by atoms with E-state index in [9.17, 15) is 14.7 Å². The molecule has 1 fully saturated rings. The van der Waals surface area contributed by atoms with E-state index in [0.29, 0.717) is 6.42 Å². The van der Waals surface area contributed by atoms with Gasteiger partial charge in [0.15, 0.2) is 0 Å². The third kappa shape index (κ3) is 1.80. The average Bonchev–Trinajstić information content (AvgIpc) is 2.20. The number of hydrogen-bond donors (Lipinski definition) is 1. The lowest BCUT2D eigenvalue weighted by Gasteiger charge is -2.35. The minimum atomic E-state index is -1.49. The molecule has 1 saturated carbocycles. The van der Waals surface area contributed by atoms with Gasteiger partial charge in [0.25, 0.3) is 5.78 Å². The molecule has 0 aromatic rings. The van der Waals surface area contributed by atoms with Gasteiger partial charge in [-0.15, -0.1) is 0 Å². The lowest BCUT2D eigenvalue weighted by atomic mass is 9.74. The Balaban J connectivity index is 2.81. The third-order valence-electron chi connectivity index (χ3n) is 3.02. The summed E-state index contributed by atoms with van der Waals surface area (Å²) in [5.41, 5.74) is -1.49. The van der Waals surface area contributed by atoms with Gasteiger partial charge in [0.1, 0.15) is 5.60 Å². The van der Waals surface area contributed by atoms with Gasteiger partial charge in [-0.25, -0.2) is 4.79 Å². The van der Waals surface area contributed by atoms with Gasteiger partial charge in [-0.1, -0.05) is 19.8 Å². The maximum absolute atomic E-state index is 11.5. The molecule has 0 aliphatic heterocycles. The van der Waals surface area contributed by atoms with Crippen molar-refractivity contribution in [1.82, 2.24) is 0 Å². The molecule has 0 spiro atoms. The van der Waals surface area contributed by atoms with Crippen LogP contribution in [0, 0.1) is 5.92 Å². The first-order chi connectivity index (χ1) is 6.52. The van der Waals surface area contributed by atoms with Crippen LogP contribution in [0.15, 0.2) is 0 Å². The van der Waals surface area contributed by atoms with Gasteiger partial charge in [-0.2, -0.15) is 0 Å². The molecule has 0 radical (unpaired) electrons. The topological polar surface area (TPSA) is 63.6 Å². The van der Waals surface area contributed by atoms with E-state index >= 15 is 0 Å². The number of Topliss-reactive ketones (excluding diaryl/α,β-unsaturated/α-hetero) is 1. The molecule has 1 N–H and O–H groups in total. The van der Waals surface area contributed by atoms with Gasteiger partial charge in [-0.3, -0.25) is 4.79 Å². The molecule has 0 aromatic carbocycles. The summed E-state index contributed by atoms with van der Waals surface area (Å²) in [7, 11) is 1.15. The first-order valence-electron chi connectivity index (χ1n) is 4.87. The Morgan fingerprint density at radius 3 is 2.57 bits per heavy atom.